The lowest BCUT2D eigenvalue weighted by molar-refractivity contribution is -0.123. The average molecular weight is 394 g/mol. The minimum Gasteiger partial charge on any atom is -0.351 e. The van der Waals surface area contributed by atoms with Crippen LogP contribution in [0.25, 0.3) is 0 Å². The van der Waals surface area contributed by atoms with E-state index in [9.17, 15) is 9.59 Å². The van der Waals surface area contributed by atoms with Gasteiger partial charge in [-0.15, -0.1) is 0 Å². The lowest BCUT2D eigenvalue weighted by Gasteiger charge is -2.16. The summed E-state index contributed by atoms with van der Waals surface area (Å²) in [5, 5.41) is 6.38. The van der Waals surface area contributed by atoms with Gasteiger partial charge in [0.25, 0.3) is 0 Å². The molecule has 26 heavy (non-hydrogen) atoms. The number of rotatable bonds is 7. The van der Waals surface area contributed by atoms with Crippen LogP contribution in [0.15, 0.2) is 42.5 Å². The minimum atomic E-state index is -0.238. The quantitative estimate of drug-likeness (QED) is 0.756. The number of amides is 2. The highest BCUT2D eigenvalue weighted by Crippen LogP contribution is 2.24. The van der Waals surface area contributed by atoms with E-state index in [1.165, 1.54) is 0 Å². The number of halogens is 2. The summed E-state index contributed by atoms with van der Waals surface area (Å²) < 4.78 is 0. The Morgan fingerprint density at radius 2 is 1.69 bits per heavy atom. The Labute approximate surface area is 163 Å². The molecular weight excluding hydrogens is 373 g/mol. The summed E-state index contributed by atoms with van der Waals surface area (Å²) in [6, 6.07) is 12.7. The van der Waals surface area contributed by atoms with Gasteiger partial charge in [0.15, 0.2) is 0 Å². The summed E-state index contributed by atoms with van der Waals surface area (Å²) in [4.78, 5) is 25.7. The number of aryl methyl sites for hydroxylation is 1. The van der Waals surface area contributed by atoms with Gasteiger partial charge in [-0.1, -0.05) is 47.5 Å². The first-order valence-corrected chi connectivity index (χ1v) is 8.85. The highest BCUT2D eigenvalue weighted by Gasteiger charge is 2.11. The van der Waals surface area contributed by atoms with Crippen LogP contribution in [-0.4, -0.2) is 36.9 Å². The molecule has 0 spiro atoms. The molecular formula is C19H21Cl2N3O2. The Bertz CT molecular complexity index is 796. The molecule has 0 fully saturated rings. The number of nitrogens with zero attached hydrogens (tertiary/aromatic N) is 1. The van der Waals surface area contributed by atoms with Crippen LogP contribution in [0.5, 0.6) is 0 Å². The molecule has 0 saturated carbocycles. The highest BCUT2D eigenvalue weighted by molar-refractivity contribution is 6.42. The Morgan fingerprint density at radius 3 is 2.38 bits per heavy atom. The Hall–Kier alpha value is -2.08. The predicted molar refractivity (Wildman–Crippen MR) is 106 cm³/mol. The zero-order chi connectivity index (χ0) is 19.1. The van der Waals surface area contributed by atoms with Gasteiger partial charge in [0, 0.05) is 12.2 Å². The van der Waals surface area contributed by atoms with Crippen molar-refractivity contribution in [1.82, 2.24) is 10.2 Å². The maximum absolute atomic E-state index is 12.1. The summed E-state index contributed by atoms with van der Waals surface area (Å²) >= 11 is 11.8. The van der Waals surface area contributed by atoms with Crippen molar-refractivity contribution in [2.75, 3.05) is 25.5 Å². The van der Waals surface area contributed by atoms with Gasteiger partial charge in [-0.05, 0) is 43.3 Å². The third-order valence-electron chi connectivity index (χ3n) is 3.77. The van der Waals surface area contributed by atoms with Crippen LogP contribution in [0.2, 0.25) is 10.0 Å². The number of nitrogens with one attached hydrogen (secondary N) is 2. The van der Waals surface area contributed by atoms with E-state index in [0.717, 1.165) is 11.1 Å². The second-order valence-electron chi connectivity index (χ2n) is 6.05. The monoisotopic (exact) mass is 393 g/mol. The number of hydrogen-bond donors (Lipinski definition) is 2. The van der Waals surface area contributed by atoms with Crippen molar-refractivity contribution in [3.05, 3.63) is 63.6 Å². The Balaban J connectivity index is 1.77. The van der Waals surface area contributed by atoms with Crippen molar-refractivity contribution in [1.29, 1.82) is 0 Å². The maximum atomic E-state index is 12.1. The summed E-state index contributed by atoms with van der Waals surface area (Å²) in [6.07, 6.45) is 0. The first kappa shape index (κ1) is 20.2. The van der Waals surface area contributed by atoms with Crippen LogP contribution >= 0.6 is 23.2 Å². The molecule has 0 heterocycles. The molecule has 5 nitrogen and oxygen atoms in total. The lowest BCUT2D eigenvalue weighted by atomic mass is 10.1. The van der Waals surface area contributed by atoms with Gasteiger partial charge in [0.1, 0.15) is 0 Å². The Morgan fingerprint density at radius 1 is 1.00 bits per heavy atom. The molecule has 2 amide bonds. The third-order valence-corrected chi connectivity index (χ3v) is 4.51. The van der Waals surface area contributed by atoms with Crippen LogP contribution in [0.3, 0.4) is 0 Å². The summed E-state index contributed by atoms with van der Waals surface area (Å²) in [5.74, 6) is -0.379. The van der Waals surface area contributed by atoms with Gasteiger partial charge in [0.05, 0.1) is 23.1 Å². The summed E-state index contributed by atoms with van der Waals surface area (Å²) in [6.45, 7) is 2.68. The van der Waals surface area contributed by atoms with E-state index in [-0.39, 0.29) is 24.9 Å². The molecule has 7 heteroatoms. The van der Waals surface area contributed by atoms with E-state index in [1.807, 2.05) is 31.2 Å². The zero-order valence-corrected chi connectivity index (χ0v) is 16.2. The van der Waals surface area contributed by atoms with E-state index in [1.54, 1.807) is 30.1 Å². The number of hydrogen-bond acceptors (Lipinski definition) is 3. The van der Waals surface area contributed by atoms with E-state index in [0.29, 0.717) is 22.3 Å². The molecule has 0 bridgehead atoms. The van der Waals surface area contributed by atoms with E-state index < -0.39 is 0 Å². The summed E-state index contributed by atoms with van der Waals surface area (Å²) in [7, 11) is 1.71. The van der Waals surface area contributed by atoms with Gasteiger partial charge in [0.2, 0.25) is 11.8 Å². The first-order chi connectivity index (χ1) is 12.3. The molecule has 0 aliphatic rings. The van der Waals surface area contributed by atoms with Gasteiger partial charge in [-0.2, -0.15) is 0 Å². The third kappa shape index (κ3) is 6.33. The van der Waals surface area contributed by atoms with Crippen LogP contribution in [0.1, 0.15) is 11.1 Å². The van der Waals surface area contributed by atoms with Crippen molar-refractivity contribution in [2.24, 2.45) is 0 Å². The molecule has 2 aromatic carbocycles. The van der Waals surface area contributed by atoms with Crippen LogP contribution in [0.4, 0.5) is 5.69 Å². The number of carbonyl (C=O) groups excluding carboxylic acids is 2. The predicted octanol–water partition coefficient (Wildman–Crippen LogP) is 3.49. The van der Waals surface area contributed by atoms with E-state index >= 15 is 0 Å². The molecule has 0 aliphatic heterocycles. The van der Waals surface area contributed by atoms with Crippen LogP contribution in [-0.2, 0) is 16.1 Å². The van der Waals surface area contributed by atoms with Gasteiger partial charge < -0.3 is 10.6 Å². The van der Waals surface area contributed by atoms with Gasteiger partial charge in [-0.3, -0.25) is 14.5 Å². The van der Waals surface area contributed by atoms with Crippen molar-refractivity contribution < 1.29 is 9.59 Å². The first-order valence-electron chi connectivity index (χ1n) is 8.10. The summed E-state index contributed by atoms with van der Waals surface area (Å²) in [5.41, 5.74) is 2.75. The average Bonchev–Trinajstić information content (AvgIpc) is 2.57. The van der Waals surface area contributed by atoms with E-state index in [2.05, 4.69) is 10.6 Å². The van der Waals surface area contributed by atoms with Crippen molar-refractivity contribution >= 4 is 40.7 Å². The van der Waals surface area contributed by atoms with Gasteiger partial charge >= 0.3 is 0 Å². The van der Waals surface area contributed by atoms with Gasteiger partial charge in [-0.25, -0.2) is 0 Å². The molecule has 0 saturated heterocycles. The minimum absolute atomic E-state index is 0.0814. The molecule has 0 aliphatic carbocycles. The normalized spacial score (nSPS) is 10.7. The molecule has 138 valence electrons. The van der Waals surface area contributed by atoms with Crippen LogP contribution in [0, 0.1) is 6.92 Å². The van der Waals surface area contributed by atoms with Crippen molar-refractivity contribution in [3.8, 4) is 0 Å². The number of likely N-dealkylation sites (N-methyl/N-ethyl adjacent to an activating group) is 1. The molecule has 0 unspecified atom stereocenters. The van der Waals surface area contributed by atoms with Crippen LogP contribution < -0.4 is 10.6 Å². The second-order valence-corrected chi connectivity index (χ2v) is 6.87. The fraction of sp³-hybridized carbons (Fsp3) is 0.263. The molecule has 0 aromatic heterocycles. The lowest BCUT2D eigenvalue weighted by Crippen LogP contribution is -2.38. The van der Waals surface area contributed by atoms with Crippen molar-refractivity contribution in [3.63, 3.8) is 0 Å². The number of benzene rings is 2. The second kappa shape index (κ2) is 9.57. The molecule has 0 radical (unpaired) electrons. The molecule has 2 rings (SSSR count). The smallest absolute Gasteiger partial charge is 0.238 e. The fourth-order valence-electron chi connectivity index (χ4n) is 2.38. The molecule has 2 N–H and O–H groups in total. The number of carbonyl (C=O) groups is 2. The largest absolute Gasteiger partial charge is 0.351 e. The SMILES string of the molecule is Cc1ccccc1CNC(=O)CN(C)CC(=O)Nc1ccc(Cl)c(Cl)c1. The van der Waals surface area contributed by atoms with E-state index in [4.69, 9.17) is 23.2 Å². The topological polar surface area (TPSA) is 61.4 Å². The zero-order valence-electron chi connectivity index (χ0n) is 14.7. The van der Waals surface area contributed by atoms with Crippen molar-refractivity contribution in [2.45, 2.75) is 13.5 Å². The molecule has 2 aromatic rings. The molecule has 0 atom stereocenters. The highest BCUT2D eigenvalue weighted by atomic mass is 35.5. The fourth-order valence-corrected chi connectivity index (χ4v) is 2.68. The number of anilines is 1. The standard InChI is InChI=1S/C19H21Cl2N3O2/c1-13-5-3-4-6-14(13)10-22-18(25)11-24(2)12-19(26)23-15-7-8-16(20)17(21)9-15/h3-9H,10-12H2,1-2H3,(H,22,25)(H,23,26). The maximum Gasteiger partial charge on any atom is 0.238 e. The Kier molecular flexibility index (Phi) is 7.45.